The summed E-state index contributed by atoms with van der Waals surface area (Å²) in [6.45, 7) is 10.9. The summed E-state index contributed by atoms with van der Waals surface area (Å²) in [5.41, 5.74) is 3.61. The van der Waals surface area contributed by atoms with Gasteiger partial charge in [-0.15, -0.1) is 0 Å². The quantitative estimate of drug-likeness (QED) is 0.632. The van der Waals surface area contributed by atoms with Gasteiger partial charge in [0.15, 0.2) is 13.9 Å². The van der Waals surface area contributed by atoms with Crippen LogP contribution in [0.5, 0.6) is 0 Å². The molecule has 0 radical (unpaired) electrons. The number of hydrogen-bond donors (Lipinski definition) is 0. The Hall–Kier alpha value is -1.62. The Kier molecular flexibility index (Phi) is 4.23. The molecule has 0 saturated carbocycles. The Bertz CT molecular complexity index is 588. The second kappa shape index (κ2) is 5.64. The van der Waals surface area contributed by atoms with Crippen LogP contribution in [0.4, 0.5) is 5.69 Å². The summed E-state index contributed by atoms with van der Waals surface area (Å²) in [6.07, 6.45) is 0.956. The zero-order valence-electron chi connectivity index (χ0n) is 13.7. The monoisotopic (exact) mass is 304 g/mol. The van der Waals surface area contributed by atoms with E-state index in [1.807, 2.05) is 16.7 Å². The molecule has 1 aliphatic heterocycles. The van der Waals surface area contributed by atoms with E-state index in [0.717, 1.165) is 17.7 Å². The highest BCUT2D eigenvalue weighted by molar-refractivity contribution is 6.87. The zero-order valence-corrected chi connectivity index (χ0v) is 14.7. The molecule has 5 heteroatoms. The molecule has 0 saturated heterocycles. The van der Waals surface area contributed by atoms with E-state index in [4.69, 9.17) is 4.84 Å². The maximum atomic E-state index is 12.8. The van der Waals surface area contributed by atoms with Crippen LogP contribution < -0.4 is 4.57 Å². The first kappa shape index (κ1) is 15.8. The van der Waals surface area contributed by atoms with Gasteiger partial charge < -0.3 is 9.40 Å². The number of carbonyl (C=O) groups excluding carboxylic acids is 1. The minimum absolute atomic E-state index is 0.0257. The number of rotatable bonds is 4. The summed E-state index contributed by atoms with van der Waals surface area (Å²) in [6, 6.07) is 6.09. The number of fused-ring (bicyclic) bond motifs is 1. The van der Waals surface area contributed by atoms with Gasteiger partial charge in [0, 0.05) is 11.3 Å². The van der Waals surface area contributed by atoms with Crippen molar-refractivity contribution < 1.29 is 9.63 Å². The second-order valence-corrected chi connectivity index (χ2v) is 11.6. The third-order valence-electron chi connectivity index (χ3n) is 3.49. The smallest absolute Gasteiger partial charge is 0.273 e. The fraction of sp³-hybridized carbons (Fsp3) is 0.500. The van der Waals surface area contributed by atoms with E-state index in [-0.39, 0.29) is 5.91 Å². The topological polar surface area (TPSA) is 41.9 Å². The van der Waals surface area contributed by atoms with E-state index in [1.165, 1.54) is 12.7 Å². The van der Waals surface area contributed by atoms with Gasteiger partial charge in [0.2, 0.25) is 0 Å². The lowest BCUT2D eigenvalue weighted by Gasteiger charge is -2.32. The van der Waals surface area contributed by atoms with Crippen molar-refractivity contribution in [3.63, 3.8) is 0 Å². The van der Waals surface area contributed by atoms with Crippen LogP contribution in [0.3, 0.4) is 0 Å². The van der Waals surface area contributed by atoms with Crippen LogP contribution in [0.2, 0.25) is 19.6 Å². The number of nitrogens with zero attached hydrogens (tertiary/aromatic N) is 2. The van der Waals surface area contributed by atoms with Gasteiger partial charge in [-0.05, 0) is 17.9 Å². The van der Waals surface area contributed by atoms with Crippen LogP contribution >= 0.6 is 0 Å². The Morgan fingerprint density at radius 3 is 2.48 bits per heavy atom. The van der Waals surface area contributed by atoms with Crippen LogP contribution in [-0.4, -0.2) is 27.0 Å². The molecule has 2 rings (SSSR count). The lowest BCUT2D eigenvalue weighted by Crippen LogP contribution is -2.49. The van der Waals surface area contributed by atoms with Crippen molar-refractivity contribution in [1.29, 1.82) is 0 Å². The molecule has 1 heterocycles. The standard InChI is InChI=1S/C16H24N2O2Si/c1-11(2)10-12-8-7-9-13-14(17-20-3)16(19)18(15(12)13)21(4,5)6/h7-9,11H,10H2,1-6H3/b17-14-. The number of oxime groups is 1. The van der Waals surface area contributed by atoms with Crippen LogP contribution in [-0.2, 0) is 16.1 Å². The van der Waals surface area contributed by atoms with Gasteiger partial charge in [0.1, 0.15) is 7.11 Å². The van der Waals surface area contributed by atoms with Gasteiger partial charge in [-0.2, -0.15) is 0 Å². The van der Waals surface area contributed by atoms with E-state index in [1.54, 1.807) is 0 Å². The molecule has 0 aliphatic carbocycles. The molecule has 114 valence electrons. The maximum absolute atomic E-state index is 12.8. The van der Waals surface area contributed by atoms with Crippen LogP contribution in [0.25, 0.3) is 0 Å². The Morgan fingerprint density at radius 1 is 1.29 bits per heavy atom. The number of para-hydroxylation sites is 1. The Labute approximate surface area is 127 Å². The summed E-state index contributed by atoms with van der Waals surface area (Å²) in [5, 5.41) is 3.98. The minimum atomic E-state index is -1.84. The second-order valence-electron chi connectivity index (χ2n) is 6.85. The summed E-state index contributed by atoms with van der Waals surface area (Å²) >= 11 is 0. The molecule has 0 unspecified atom stereocenters. The Morgan fingerprint density at radius 2 is 1.95 bits per heavy atom. The third kappa shape index (κ3) is 2.88. The molecule has 0 spiro atoms. The summed E-state index contributed by atoms with van der Waals surface area (Å²) < 4.78 is 1.98. The van der Waals surface area contributed by atoms with Crippen LogP contribution in [0, 0.1) is 5.92 Å². The lowest BCUT2D eigenvalue weighted by atomic mass is 9.98. The average molecular weight is 304 g/mol. The first-order chi connectivity index (χ1) is 9.77. The minimum Gasteiger partial charge on any atom is -0.398 e. The molecule has 1 aliphatic rings. The molecule has 1 amide bonds. The molecule has 21 heavy (non-hydrogen) atoms. The van der Waals surface area contributed by atoms with Crippen molar-refractivity contribution in [2.75, 3.05) is 11.7 Å². The molecule has 1 aromatic rings. The largest absolute Gasteiger partial charge is 0.398 e. The SMILES string of the molecule is CO/N=C1\C(=O)N([Si](C)(C)C)c2c(CC(C)C)cccc21. The number of benzene rings is 1. The first-order valence-electron chi connectivity index (χ1n) is 7.35. The molecule has 0 atom stereocenters. The third-order valence-corrected chi connectivity index (χ3v) is 5.25. The van der Waals surface area contributed by atoms with E-state index < -0.39 is 8.24 Å². The van der Waals surface area contributed by atoms with E-state index in [2.05, 4.69) is 44.7 Å². The molecular formula is C16H24N2O2Si. The highest BCUT2D eigenvalue weighted by Crippen LogP contribution is 2.37. The first-order valence-corrected chi connectivity index (χ1v) is 10.8. The molecule has 0 fully saturated rings. The van der Waals surface area contributed by atoms with E-state index in [0.29, 0.717) is 11.6 Å². The number of anilines is 1. The molecule has 0 bridgehead atoms. The van der Waals surface area contributed by atoms with Crippen molar-refractivity contribution in [3.05, 3.63) is 29.3 Å². The van der Waals surface area contributed by atoms with Gasteiger partial charge >= 0.3 is 0 Å². The summed E-state index contributed by atoms with van der Waals surface area (Å²) in [5.74, 6) is 0.515. The predicted molar refractivity (Wildman–Crippen MR) is 89.4 cm³/mol. The summed E-state index contributed by atoms with van der Waals surface area (Å²) in [4.78, 5) is 17.7. The molecule has 0 aromatic heterocycles. The molecular weight excluding hydrogens is 280 g/mol. The van der Waals surface area contributed by atoms with Crippen molar-refractivity contribution >= 4 is 25.5 Å². The number of carbonyl (C=O) groups is 1. The van der Waals surface area contributed by atoms with Crippen molar-refractivity contribution in [1.82, 2.24) is 0 Å². The van der Waals surface area contributed by atoms with Gasteiger partial charge in [-0.1, -0.05) is 56.8 Å². The van der Waals surface area contributed by atoms with Gasteiger partial charge in [-0.3, -0.25) is 4.79 Å². The van der Waals surface area contributed by atoms with Gasteiger partial charge in [0.05, 0.1) is 0 Å². The zero-order chi connectivity index (χ0) is 15.8. The maximum Gasteiger partial charge on any atom is 0.273 e. The van der Waals surface area contributed by atoms with Crippen LogP contribution in [0.15, 0.2) is 23.4 Å². The average Bonchev–Trinajstić information content (AvgIpc) is 2.63. The van der Waals surface area contributed by atoms with E-state index in [9.17, 15) is 4.79 Å². The Balaban J connectivity index is 2.67. The lowest BCUT2D eigenvalue weighted by molar-refractivity contribution is -0.111. The highest BCUT2D eigenvalue weighted by atomic mass is 28.3. The van der Waals surface area contributed by atoms with Gasteiger partial charge in [0.25, 0.3) is 5.91 Å². The normalized spacial score (nSPS) is 16.8. The number of hydrogen-bond acceptors (Lipinski definition) is 3. The fourth-order valence-electron chi connectivity index (χ4n) is 2.79. The van der Waals surface area contributed by atoms with Gasteiger partial charge in [-0.25, -0.2) is 0 Å². The predicted octanol–water partition coefficient (Wildman–Crippen LogP) is 3.42. The van der Waals surface area contributed by atoms with Crippen molar-refractivity contribution in [2.24, 2.45) is 11.1 Å². The molecule has 4 nitrogen and oxygen atoms in total. The van der Waals surface area contributed by atoms with Crippen molar-refractivity contribution in [3.8, 4) is 0 Å². The fourth-order valence-corrected chi connectivity index (χ4v) is 4.44. The van der Waals surface area contributed by atoms with Crippen molar-refractivity contribution in [2.45, 2.75) is 39.9 Å². The van der Waals surface area contributed by atoms with Crippen LogP contribution in [0.1, 0.15) is 25.0 Å². The molecule has 0 N–H and O–H groups in total. The number of amides is 1. The van der Waals surface area contributed by atoms with E-state index >= 15 is 0 Å². The molecule has 1 aromatic carbocycles. The highest BCUT2D eigenvalue weighted by Gasteiger charge is 2.42. The summed E-state index contributed by atoms with van der Waals surface area (Å²) in [7, 11) is -0.363.